The molecule has 17 heavy (non-hydrogen) atoms. The summed E-state index contributed by atoms with van der Waals surface area (Å²) < 4.78 is 0. The van der Waals surface area contributed by atoms with Crippen LogP contribution in [-0.2, 0) is 18.8 Å². The van der Waals surface area contributed by atoms with Crippen LogP contribution in [0.15, 0.2) is 29.6 Å². The van der Waals surface area contributed by atoms with Gasteiger partial charge in [0.05, 0.1) is 5.69 Å². The number of halogens is 1. The van der Waals surface area contributed by atoms with E-state index >= 15 is 0 Å². The van der Waals surface area contributed by atoms with Gasteiger partial charge in [-0.1, -0.05) is 31.2 Å². The summed E-state index contributed by atoms with van der Waals surface area (Å²) in [5.41, 5.74) is 3.54. The first-order valence-corrected chi connectivity index (χ1v) is 7.05. The molecule has 0 saturated heterocycles. The second-order valence-electron chi connectivity index (χ2n) is 3.80. The van der Waals surface area contributed by atoms with Crippen LogP contribution >= 0.6 is 22.9 Å². The van der Waals surface area contributed by atoms with Crippen LogP contribution in [0.1, 0.15) is 23.7 Å². The Hall–Kier alpha value is -1.06. The molecule has 1 N–H and O–H groups in total. The molecule has 0 atom stereocenters. The van der Waals surface area contributed by atoms with Crippen molar-refractivity contribution in [2.45, 2.75) is 25.8 Å². The van der Waals surface area contributed by atoms with Crippen molar-refractivity contribution in [2.24, 2.45) is 0 Å². The normalized spacial score (nSPS) is 10.5. The molecule has 0 unspecified atom stereocenters. The van der Waals surface area contributed by atoms with Gasteiger partial charge in [0.1, 0.15) is 0 Å². The number of aryl methyl sites for hydroxylation is 1. The Labute approximate surface area is 111 Å². The van der Waals surface area contributed by atoms with Gasteiger partial charge in [0.15, 0.2) is 5.13 Å². The zero-order chi connectivity index (χ0) is 12.1. The summed E-state index contributed by atoms with van der Waals surface area (Å²) >= 11 is 7.40. The molecule has 2 aromatic rings. The molecule has 1 aromatic heterocycles. The minimum absolute atomic E-state index is 0.569. The number of aromatic nitrogens is 1. The molecule has 0 fully saturated rings. The molecule has 0 aliphatic heterocycles. The lowest BCUT2D eigenvalue weighted by Crippen LogP contribution is -1.99. The van der Waals surface area contributed by atoms with Crippen LogP contribution in [0.3, 0.4) is 0 Å². The maximum Gasteiger partial charge on any atom is 0.183 e. The van der Waals surface area contributed by atoms with Crippen LogP contribution in [0.25, 0.3) is 0 Å². The number of nitrogens with one attached hydrogen (secondary N) is 1. The smallest absolute Gasteiger partial charge is 0.183 e. The molecule has 0 bridgehead atoms. The average Bonchev–Trinajstić information content (AvgIpc) is 2.85. The Morgan fingerprint density at radius 2 is 1.94 bits per heavy atom. The van der Waals surface area contributed by atoms with E-state index in [1.54, 1.807) is 11.3 Å². The van der Waals surface area contributed by atoms with Gasteiger partial charge in [-0.2, -0.15) is 0 Å². The molecule has 0 aliphatic carbocycles. The number of thiazole rings is 1. The van der Waals surface area contributed by atoms with Crippen LogP contribution < -0.4 is 5.32 Å². The first kappa shape index (κ1) is 12.4. The van der Waals surface area contributed by atoms with Crippen LogP contribution in [0.2, 0.25) is 0 Å². The molecule has 0 saturated carbocycles. The minimum Gasteiger partial charge on any atom is -0.357 e. The van der Waals surface area contributed by atoms with Crippen LogP contribution in [0.4, 0.5) is 5.13 Å². The number of hydrogen-bond donors (Lipinski definition) is 1. The second kappa shape index (κ2) is 6.03. The van der Waals surface area contributed by atoms with Crippen molar-refractivity contribution >= 4 is 28.1 Å². The Morgan fingerprint density at radius 3 is 2.53 bits per heavy atom. The van der Waals surface area contributed by atoms with E-state index in [2.05, 4.69) is 46.9 Å². The fourth-order valence-corrected chi connectivity index (χ4v) is 2.45. The lowest BCUT2D eigenvalue weighted by molar-refractivity contribution is 1.05. The van der Waals surface area contributed by atoms with E-state index in [4.69, 9.17) is 11.6 Å². The minimum atomic E-state index is 0.569. The predicted octanol–water partition coefficient (Wildman–Crippen LogP) is 4.06. The van der Waals surface area contributed by atoms with Gasteiger partial charge in [-0.05, 0) is 17.5 Å². The topological polar surface area (TPSA) is 24.9 Å². The highest BCUT2D eigenvalue weighted by atomic mass is 35.5. The average molecular weight is 267 g/mol. The SMILES string of the molecule is CCc1csc(NCc2ccc(CCl)cc2)n1. The first-order valence-electron chi connectivity index (χ1n) is 5.64. The van der Waals surface area contributed by atoms with E-state index in [0.29, 0.717) is 5.88 Å². The summed E-state index contributed by atoms with van der Waals surface area (Å²) in [6.45, 7) is 2.92. The van der Waals surface area contributed by atoms with Crippen LogP contribution in [0, 0.1) is 0 Å². The van der Waals surface area contributed by atoms with Crippen LogP contribution in [0.5, 0.6) is 0 Å². The maximum absolute atomic E-state index is 5.75. The molecular weight excluding hydrogens is 252 g/mol. The number of anilines is 1. The lowest BCUT2D eigenvalue weighted by atomic mass is 10.1. The van der Waals surface area contributed by atoms with Gasteiger partial charge >= 0.3 is 0 Å². The summed E-state index contributed by atoms with van der Waals surface area (Å²) in [7, 11) is 0. The molecule has 1 heterocycles. The third-order valence-electron chi connectivity index (χ3n) is 2.53. The summed E-state index contributed by atoms with van der Waals surface area (Å²) in [5.74, 6) is 0.569. The van der Waals surface area contributed by atoms with Crippen LogP contribution in [-0.4, -0.2) is 4.98 Å². The quantitative estimate of drug-likeness (QED) is 0.826. The zero-order valence-corrected chi connectivity index (χ0v) is 11.3. The van der Waals surface area contributed by atoms with E-state index in [9.17, 15) is 0 Å². The van der Waals surface area contributed by atoms with E-state index < -0.39 is 0 Å². The predicted molar refractivity (Wildman–Crippen MR) is 74.8 cm³/mol. The summed E-state index contributed by atoms with van der Waals surface area (Å²) in [6, 6.07) is 8.31. The maximum atomic E-state index is 5.75. The van der Waals surface area contributed by atoms with E-state index in [0.717, 1.165) is 29.4 Å². The van der Waals surface area contributed by atoms with Crippen molar-refractivity contribution in [3.63, 3.8) is 0 Å². The third-order valence-corrected chi connectivity index (χ3v) is 3.69. The highest BCUT2D eigenvalue weighted by molar-refractivity contribution is 7.13. The standard InChI is InChI=1S/C13H15ClN2S/c1-2-12-9-17-13(16-12)15-8-11-5-3-10(7-14)4-6-11/h3-6,9H,2,7-8H2,1H3,(H,15,16). The van der Waals surface area contributed by atoms with Gasteiger partial charge in [-0.25, -0.2) is 4.98 Å². The van der Waals surface area contributed by atoms with Gasteiger partial charge in [0, 0.05) is 17.8 Å². The highest BCUT2D eigenvalue weighted by Gasteiger charge is 2.00. The van der Waals surface area contributed by atoms with E-state index in [1.165, 1.54) is 5.56 Å². The van der Waals surface area contributed by atoms with Gasteiger partial charge < -0.3 is 5.32 Å². The molecule has 4 heteroatoms. The van der Waals surface area contributed by atoms with E-state index in [-0.39, 0.29) is 0 Å². The fraction of sp³-hybridized carbons (Fsp3) is 0.308. The monoisotopic (exact) mass is 266 g/mol. The number of hydrogen-bond acceptors (Lipinski definition) is 3. The second-order valence-corrected chi connectivity index (χ2v) is 4.93. The van der Waals surface area contributed by atoms with Gasteiger partial charge in [-0.15, -0.1) is 22.9 Å². The molecule has 0 spiro atoms. The number of benzene rings is 1. The largest absolute Gasteiger partial charge is 0.357 e. The Bertz CT molecular complexity index is 465. The van der Waals surface area contributed by atoms with E-state index in [1.807, 2.05) is 0 Å². The Balaban J connectivity index is 1.92. The van der Waals surface area contributed by atoms with Crippen molar-refractivity contribution in [1.82, 2.24) is 4.98 Å². The molecule has 2 rings (SSSR count). The van der Waals surface area contributed by atoms with Crippen molar-refractivity contribution in [3.05, 3.63) is 46.5 Å². The van der Waals surface area contributed by atoms with Gasteiger partial charge in [-0.3, -0.25) is 0 Å². The number of nitrogens with zero attached hydrogens (tertiary/aromatic N) is 1. The summed E-state index contributed by atoms with van der Waals surface area (Å²) in [5, 5.41) is 6.41. The van der Waals surface area contributed by atoms with Crippen molar-refractivity contribution in [2.75, 3.05) is 5.32 Å². The van der Waals surface area contributed by atoms with Crippen molar-refractivity contribution < 1.29 is 0 Å². The molecule has 0 amide bonds. The molecular formula is C13H15ClN2S. The first-order chi connectivity index (χ1) is 8.31. The Morgan fingerprint density at radius 1 is 1.24 bits per heavy atom. The fourth-order valence-electron chi connectivity index (χ4n) is 1.47. The number of alkyl halides is 1. The summed E-state index contributed by atoms with van der Waals surface area (Å²) in [4.78, 5) is 4.46. The Kier molecular flexibility index (Phi) is 4.40. The van der Waals surface area contributed by atoms with Gasteiger partial charge in [0.2, 0.25) is 0 Å². The van der Waals surface area contributed by atoms with Crippen molar-refractivity contribution in [3.8, 4) is 0 Å². The molecule has 0 radical (unpaired) electrons. The summed E-state index contributed by atoms with van der Waals surface area (Å²) in [6.07, 6.45) is 0.989. The number of rotatable bonds is 5. The van der Waals surface area contributed by atoms with Crippen molar-refractivity contribution in [1.29, 1.82) is 0 Å². The lowest BCUT2D eigenvalue weighted by Gasteiger charge is -2.03. The van der Waals surface area contributed by atoms with Gasteiger partial charge in [0.25, 0.3) is 0 Å². The zero-order valence-electron chi connectivity index (χ0n) is 9.74. The highest BCUT2D eigenvalue weighted by Crippen LogP contribution is 2.17. The molecule has 0 aliphatic rings. The molecule has 1 aromatic carbocycles. The molecule has 2 nitrogen and oxygen atoms in total. The third kappa shape index (κ3) is 3.45. The molecule has 90 valence electrons.